The Balaban J connectivity index is 2.11. The molecule has 2 nitrogen and oxygen atoms in total. The lowest BCUT2D eigenvalue weighted by molar-refractivity contribution is 0.0484. The number of anilines is 1. The number of halogens is 1. The number of hydrogen-bond acceptors (Lipinski definition) is 2. The Labute approximate surface area is 101 Å². The van der Waals surface area contributed by atoms with Crippen LogP contribution in [0.3, 0.4) is 0 Å². The molecule has 17 heavy (non-hydrogen) atoms. The van der Waals surface area contributed by atoms with Crippen molar-refractivity contribution in [1.82, 2.24) is 0 Å². The van der Waals surface area contributed by atoms with Gasteiger partial charge in [-0.15, -0.1) is 6.42 Å². The first-order chi connectivity index (χ1) is 8.14. The fourth-order valence-corrected chi connectivity index (χ4v) is 2.27. The van der Waals surface area contributed by atoms with Crippen molar-refractivity contribution in [2.24, 2.45) is 0 Å². The molecule has 1 aromatic rings. The van der Waals surface area contributed by atoms with E-state index in [-0.39, 0.29) is 11.9 Å². The van der Waals surface area contributed by atoms with Crippen LogP contribution in [-0.2, 0) is 0 Å². The van der Waals surface area contributed by atoms with Crippen LogP contribution in [0.15, 0.2) is 24.3 Å². The van der Waals surface area contributed by atoms with Crippen LogP contribution in [0.25, 0.3) is 0 Å². The molecule has 1 fully saturated rings. The van der Waals surface area contributed by atoms with Gasteiger partial charge in [-0.2, -0.15) is 0 Å². The van der Waals surface area contributed by atoms with E-state index in [2.05, 4.69) is 11.2 Å². The number of aliphatic hydroxyl groups is 1. The Morgan fingerprint density at radius 2 is 2.06 bits per heavy atom. The molecule has 2 rings (SSSR count). The SMILES string of the molecule is C#C[C@@]1(O)CCCC[C@H]1Nc1ccc(F)cc1. The molecule has 0 radical (unpaired) electrons. The summed E-state index contributed by atoms with van der Waals surface area (Å²) in [5.74, 6) is 2.21. The third-order valence-electron chi connectivity index (χ3n) is 3.31. The molecule has 2 atom stereocenters. The second-order valence-electron chi connectivity index (χ2n) is 4.52. The molecule has 0 saturated heterocycles. The van der Waals surface area contributed by atoms with Crippen molar-refractivity contribution in [2.45, 2.75) is 37.3 Å². The second kappa shape index (κ2) is 4.77. The quantitative estimate of drug-likeness (QED) is 0.769. The smallest absolute Gasteiger partial charge is 0.145 e. The van der Waals surface area contributed by atoms with Crippen LogP contribution in [0.1, 0.15) is 25.7 Å². The highest BCUT2D eigenvalue weighted by Crippen LogP contribution is 2.30. The van der Waals surface area contributed by atoms with Crippen molar-refractivity contribution >= 4 is 5.69 Å². The highest BCUT2D eigenvalue weighted by Gasteiger charge is 2.37. The molecule has 0 aromatic heterocycles. The average molecular weight is 233 g/mol. The summed E-state index contributed by atoms with van der Waals surface area (Å²) >= 11 is 0. The molecule has 0 aliphatic heterocycles. The van der Waals surface area contributed by atoms with E-state index in [0.717, 1.165) is 24.9 Å². The van der Waals surface area contributed by atoms with E-state index < -0.39 is 5.60 Å². The lowest BCUT2D eigenvalue weighted by atomic mass is 9.81. The number of hydrogen-bond donors (Lipinski definition) is 2. The van der Waals surface area contributed by atoms with Gasteiger partial charge in [0, 0.05) is 5.69 Å². The molecule has 3 heteroatoms. The standard InChI is InChI=1S/C14H16FNO/c1-2-14(17)10-4-3-5-13(14)16-12-8-6-11(15)7-9-12/h1,6-9,13,16-17H,3-5,10H2/t13-,14-/m1/s1. The van der Waals surface area contributed by atoms with Gasteiger partial charge in [0.25, 0.3) is 0 Å². The zero-order valence-electron chi connectivity index (χ0n) is 9.62. The minimum atomic E-state index is -1.09. The van der Waals surface area contributed by atoms with Gasteiger partial charge in [-0.3, -0.25) is 0 Å². The van der Waals surface area contributed by atoms with E-state index in [4.69, 9.17) is 6.42 Å². The summed E-state index contributed by atoms with van der Waals surface area (Å²) in [5, 5.41) is 13.5. The van der Waals surface area contributed by atoms with Crippen LogP contribution in [0.4, 0.5) is 10.1 Å². The molecule has 1 aliphatic rings. The third kappa shape index (κ3) is 2.59. The van der Waals surface area contributed by atoms with Gasteiger partial charge >= 0.3 is 0 Å². The van der Waals surface area contributed by atoms with Crippen molar-refractivity contribution in [2.75, 3.05) is 5.32 Å². The Morgan fingerprint density at radius 3 is 2.71 bits per heavy atom. The normalized spacial score (nSPS) is 28.4. The minimum absolute atomic E-state index is 0.160. The molecule has 1 aromatic carbocycles. The predicted molar refractivity (Wildman–Crippen MR) is 66.1 cm³/mol. The van der Waals surface area contributed by atoms with Gasteiger partial charge in [-0.25, -0.2) is 4.39 Å². The number of nitrogens with one attached hydrogen (secondary N) is 1. The molecule has 0 heterocycles. The molecule has 2 N–H and O–H groups in total. The fraction of sp³-hybridized carbons (Fsp3) is 0.429. The summed E-state index contributed by atoms with van der Waals surface area (Å²) in [5.41, 5.74) is -0.306. The van der Waals surface area contributed by atoms with Crippen molar-refractivity contribution in [3.8, 4) is 12.3 Å². The Hall–Kier alpha value is -1.53. The number of rotatable bonds is 2. The summed E-state index contributed by atoms with van der Waals surface area (Å²) in [7, 11) is 0. The van der Waals surface area contributed by atoms with Gasteiger partial charge in [0.15, 0.2) is 0 Å². The summed E-state index contributed by atoms with van der Waals surface area (Å²) < 4.78 is 12.8. The second-order valence-corrected chi connectivity index (χ2v) is 4.52. The molecule has 0 bridgehead atoms. The predicted octanol–water partition coefficient (Wildman–Crippen LogP) is 2.54. The first-order valence-electron chi connectivity index (χ1n) is 5.86. The van der Waals surface area contributed by atoms with Gasteiger partial charge in [0.1, 0.15) is 11.4 Å². The Morgan fingerprint density at radius 1 is 1.35 bits per heavy atom. The van der Waals surface area contributed by atoms with Crippen LogP contribution in [0.2, 0.25) is 0 Å². The first kappa shape index (κ1) is 11.9. The van der Waals surface area contributed by atoms with E-state index in [9.17, 15) is 9.50 Å². The molecule has 1 saturated carbocycles. The van der Waals surface area contributed by atoms with E-state index in [1.54, 1.807) is 12.1 Å². The van der Waals surface area contributed by atoms with Crippen LogP contribution in [-0.4, -0.2) is 16.7 Å². The zero-order chi connectivity index (χ0) is 12.3. The maximum absolute atomic E-state index is 12.8. The summed E-state index contributed by atoms with van der Waals surface area (Å²) in [6.07, 6.45) is 8.84. The lowest BCUT2D eigenvalue weighted by Gasteiger charge is -2.37. The Kier molecular flexibility index (Phi) is 3.35. The van der Waals surface area contributed by atoms with Gasteiger partial charge in [0.05, 0.1) is 6.04 Å². The monoisotopic (exact) mass is 233 g/mol. The zero-order valence-corrected chi connectivity index (χ0v) is 9.62. The van der Waals surface area contributed by atoms with Crippen molar-refractivity contribution in [3.63, 3.8) is 0 Å². The molecular weight excluding hydrogens is 217 g/mol. The summed E-state index contributed by atoms with van der Waals surface area (Å²) in [6.45, 7) is 0. The highest BCUT2D eigenvalue weighted by molar-refractivity contribution is 5.45. The van der Waals surface area contributed by atoms with E-state index in [1.807, 2.05) is 0 Å². The third-order valence-corrected chi connectivity index (χ3v) is 3.31. The molecule has 0 unspecified atom stereocenters. The summed E-state index contributed by atoms with van der Waals surface area (Å²) in [4.78, 5) is 0. The van der Waals surface area contributed by atoms with E-state index in [0.29, 0.717) is 6.42 Å². The molecule has 1 aliphatic carbocycles. The Bertz CT molecular complexity index is 423. The van der Waals surface area contributed by atoms with E-state index in [1.165, 1.54) is 12.1 Å². The van der Waals surface area contributed by atoms with Crippen LogP contribution >= 0.6 is 0 Å². The molecule has 0 spiro atoms. The first-order valence-corrected chi connectivity index (χ1v) is 5.86. The largest absolute Gasteiger partial charge is 0.378 e. The van der Waals surface area contributed by atoms with Gasteiger partial charge in [-0.05, 0) is 43.5 Å². The van der Waals surface area contributed by atoms with Crippen molar-refractivity contribution < 1.29 is 9.50 Å². The number of terminal acetylenes is 1. The summed E-state index contributed by atoms with van der Waals surface area (Å²) in [6, 6.07) is 5.92. The number of benzene rings is 1. The van der Waals surface area contributed by atoms with Gasteiger partial charge in [-0.1, -0.05) is 12.3 Å². The topological polar surface area (TPSA) is 32.3 Å². The lowest BCUT2D eigenvalue weighted by Crippen LogP contribution is -2.48. The molecule has 0 amide bonds. The maximum Gasteiger partial charge on any atom is 0.145 e. The van der Waals surface area contributed by atoms with Gasteiger partial charge < -0.3 is 10.4 Å². The van der Waals surface area contributed by atoms with E-state index >= 15 is 0 Å². The van der Waals surface area contributed by atoms with Gasteiger partial charge in [0.2, 0.25) is 0 Å². The molecular formula is C14H16FNO. The van der Waals surface area contributed by atoms with Crippen molar-refractivity contribution in [3.05, 3.63) is 30.1 Å². The average Bonchev–Trinajstić information content (AvgIpc) is 2.35. The van der Waals surface area contributed by atoms with Crippen LogP contribution < -0.4 is 5.32 Å². The minimum Gasteiger partial charge on any atom is -0.378 e. The molecule has 90 valence electrons. The van der Waals surface area contributed by atoms with Crippen LogP contribution in [0, 0.1) is 18.2 Å². The maximum atomic E-state index is 12.8. The van der Waals surface area contributed by atoms with Crippen molar-refractivity contribution in [1.29, 1.82) is 0 Å². The fourth-order valence-electron chi connectivity index (χ4n) is 2.27. The van der Waals surface area contributed by atoms with Crippen LogP contribution in [0.5, 0.6) is 0 Å². The highest BCUT2D eigenvalue weighted by atomic mass is 19.1.